The van der Waals surface area contributed by atoms with Crippen LogP contribution in [-0.4, -0.2) is 24.9 Å². The standard InChI is InChI=1S/C15H18N2O3/c16-10-13(14(17)11-6-8-19-9-7-11)20-15(18)12-4-2-1-3-5-12/h1-5,10-11,17H,6-9,16H2/b13-10+,17-14?. The highest BCUT2D eigenvalue weighted by atomic mass is 16.5. The first-order chi connectivity index (χ1) is 9.72. The van der Waals surface area contributed by atoms with Crippen molar-refractivity contribution in [1.29, 1.82) is 5.41 Å². The fourth-order valence-corrected chi connectivity index (χ4v) is 2.10. The van der Waals surface area contributed by atoms with E-state index in [1.54, 1.807) is 24.3 Å². The fourth-order valence-electron chi connectivity index (χ4n) is 2.10. The Hall–Kier alpha value is -2.14. The zero-order chi connectivity index (χ0) is 14.4. The van der Waals surface area contributed by atoms with Crippen LogP contribution in [0.3, 0.4) is 0 Å². The molecule has 0 unspecified atom stereocenters. The van der Waals surface area contributed by atoms with E-state index in [-0.39, 0.29) is 17.4 Å². The molecule has 1 aromatic rings. The van der Waals surface area contributed by atoms with Crippen LogP contribution in [0.1, 0.15) is 23.2 Å². The van der Waals surface area contributed by atoms with E-state index in [0.29, 0.717) is 18.8 Å². The second-order valence-electron chi connectivity index (χ2n) is 4.59. The minimum Gasteiger partial charge on any atom is -0.419 e. The Morgan fingerprint density at radius 3 is 2.55 bits per heavy atom. The first-order valence-corrected chi connectivity index (χ1v) is 6.58. The molecule has 0 aliphatic carbocycles. The van der Waals surface area contributed by atoms with Gasteiger partial charge in [-0.25, -0.2) is 4.79 Å². The zero-order valence-corrected chi connectivity index (χ0v) is 11.2. The number of ether oxygens (including phenoxy) is 2. The quantitative estimate of drug-likeness (QED) is 0.500. The molecular formula is C15H18N2O3. The van der Waals surface area contributed by atoms with Gasteiger partial charge in [-0.05, 0) is 25.0 Å². The highest BCUT2D eigenvalue weighted by Crippen LogP contribution is 2.20. The third-order valence-electron chi connectivity index (χ3n) is 3.26. The number of hydrogen-bond donors (Lipinski definition) is 2. The average Bonchev–Trinajstić information content (AvgIpc) is 2.53. The average molecular weight is 274 g/mol. The van der Waals surface area contributed by atoms with Crippen LogP contribution < -0.4 is 5.73 Å². The summed E-state index contributed by atoms with van der Waals surface area (Å²) < 4.78 is 10.5. The summed E-state index contributed by atoms with van der Waals surface area (Å²) in [6, 6.07) is 8.65. The van der Waals surface area contributed by atoms with Gasteiger partial charge in [-0.3, -0.25) is 0 Å². The zero-order valence-electron chi connectivity index (χ0n) is 11.2. The molecule has 20 heavy (non-hydrogen) atoms. The van der Waals surface area contributed by atoms with E-state index in [9.17, 15) is 4.79 Å². The molecule has 0 atom stereocenters. The van der Waals surface area contributed by atoms with Crippen LogP contribution in [-0.2, 0) is 9.47 Å². The van der Waals surface area contributed by atoms with E-state index in [0.717, 1.165) is 12.8 Å². The SMILES string of the molecule is N=C(/C(=C\N)OC(=O)c1ccccc1)C1CCOCC1. The van der Waals surface area contributed by atoms with Crippen LogP contribution in [0.25, 0.3) is 0 Å². The molecule has 0 bridgehead atoms. The topological polar surface area (TPSA) is 85.4 Å². The van der Waals surface area contributed by atoms with Crippen LogP contribution in [0.15, 0.2) is 42.3 Å². The Morgan fingerprint density at radius 1 is 1.30 bits per heavy atom. The summed E-state index contributed by atoms with van der Waals surface area (Å²) in [6.45, 7) is 1.25. The second kappa shape index (κ2) is 6.86. The summed E-state index contributed by atoms with van der Waals surface area (Å²) in [5.41, 5.74) is 6.20. The molecule has 0 aromatic heterocycles. The van der Waals surface area contributed by atoms with E-state index in [4.69, 9.17) is 20.6 Å². The number of rotatable bonds is 4. The lowest BCUT2D eigenvalue weighted by Gasteiger charge is -2.23. The summed E-state index contributed by atoms with van der Waals surface area (Å²) in [4.78, 5) is 12.0. The van der Waals surface area contributed by atoms with Crippen molar-refractivity contribution in [2.45, 2.75) is 12.8 Å². The van der Waals surface area contributed by atoms with Gasteiger partial charge in [0.25, 0.3) is 0 Å². The number of benzene rings is 1. The van der Waals surface area contributed by atoms with Crippen LogP contribution in [0.4, 0.5) is 0 Å². The molecule has 1 aromatic carbocycles. The first kappa shape index (κ1) is 14.3. The normalized spacial score (nSPS) is 16.7. The molecule has 1 aliphatic heterocycles. The molecule has 2 rings (SSSR count). The highest BCUT2D eigenvalue weighted by Gasteiger charge is 2.23. The highest BCUT2D eigenvalue weighted by molar-refractivity contribution is 6.01. The van der Waals surface area contributed by atoms with E-state index in [1.165, 1.54) is 6.20 Å². The van der Waals surface area contributed by atoms with Gasteiger partial charge < -0.3 is 20.6 Å². The van der Waals surface area contributed by atoms with Crippen molar-refractivity contribution in [2.75, 3.05) is 13.2 Å². The smallest absolute Gasteiger partial charge is 0.343 e. The fraction of sp³-hybridized carbons (Fsp3) is 0.333. The van der Waals surface area contributed by atoms with Crippen LogP contribution in [0.5, 0.6) is 0 Å². The maximum atomic E-state index is 12.0. The number of nitrogens with one attached hydrogen (secondary N) is 1. The van der Waals surface area contributed by atoms with Crippen molar-refractivity contribution >= 4 is 11.7 Å². The lowest BCUT2D eigenvalue weighted by atomic mass is 9.93. The molecule has 0 amide bonds. The van der Waals surface area contributed by atoms with Crippen molar-refractivity contribution < 1.29 is 14.3 Å². The lowest BCUT2D eigenvalue weighted by Crippen LogP contribution is -2.26. The predicted octanol–water partition coefficient (Wildman–Crippen LogP) is 2.09. The predicted molar refractivity (Wildman–Crippen MR) is 75.4 cm³/mol. The van der Waals surface area contributed by atoms with E-state index < -0.39 is 5.97 Å². The minimum atomic E-state index is -0.501. The Morgan fingerprint density at radius 2 is 1.95 bits per heavy atom. The molecule has 1 saturated heterocycles. The molecule has 5 heteroatoms. The van der Waals surface area contributed by atoms with Gasteiger partial charge in [0.15, 0.2) is 5.76 Å². The lowest BCUT2D eigenvalue weighted by molar-refractivity contribution is 0.0630. The van der Waals surface area contributed by atoms with Gasteiger partial charge in [-0.15, -0.1) is 0 Å². The Kier molecular flexibility index (Phi) is 4.90. The van der Waals surface area contributed by atoms with Gasteiger partial charge in [0.1, 0.15) is 0 Å². The van der Waals surface area contributed by atoms with Gasteiger partial charge >= 0.3 is 5.97 Å². The number of carbonyl (C=O) groups is 1. The summed E-state index contributed by atoms with van der Waals surface area (Å²) in [7, 11) is 0. The maximum Gasteiger partial charge on any atom is 0.343 e. The summed E-state index contributed by atoms with van der Waals surface area (Å²) in [5.74, 6) is -0.341. The number of nitrogens with two attached hydrogens (primary N) is 1. The largest absolute Gasteiger partial charge is 0.419 e. The Balaban J connectivity index is 2.02. The Labute approximate surface area is 117 Å². The monoisotopic (exact) mass is 274 g/mol. The second-order valence-corrected chi connectivity index (χ2v) is 4.59. The molecule has 3 N–H and O–H groups in total. The number of carbonyl (C=O) groups excluding carboxylic acids is 1. The molecule has 0 radical (unpaired) electrons. The van der Waals surface area contributed by atoms with Crippen LogP contribution in [0, 0.1) is 11.3 Å². The molecule has 1 fully saturated rings. The molecule has 5 nitrogen and oxygen atoms in total. The van der Waals surface area contributed by atoms with Crippen molar-refractivity contribution in [2.24, 2.45) is 11.7 Å². The van der Waals surface area contributed by atoms with Gasteiger partial charge in [0, 0.05) is 25.3 Å². The van der Waals surface area contributed by atoms with Crippen molar-refractivity contribution in [3.63, 3.8) is 0 Å². The van der Waals surface area contributed by atoms with E-state index in [2.05, 4.69) is 0 Å². The van der Waals surface area contributed by atoms with E-state index in [1.807, 2.05) is 6.07 Å². The summed E-state index contributed by atoms with van der Waals surface area (Å²) in [6.07, 6.45) is 2.68. The molecule has 1 heterocycles. The van der Waals surface area contributed by atoms with Gasteiger partial charge in [-0.2, -0.15) is 0 Å². The maximum absolute atomic E-state index is 12.0. The van der Waals surface area contributed by atoms with Crippen LogP contribution >= 0.6 is 0 Å². The molecule has 0 saturated carbocycles. The number of esters is 1. The van der Waals surface area contributed by atoms with Gasteiger partial charge in [0.05, 0.1) is 11.3 Å². The Bertz CT molecular complexity index is 505. The number of hydrogen-bond acceptors (Lipinski definition) is 5. The number of allylic oxidation sites excluding steroid dienone is 1. The van der Waals surface area contributed by atoms with Crippen molar-refractivity contribution in [3.05, 3.63) is 47.9 Å². The first-order valence-electron chi connectivity index (χ1n) is 6.58. The van der Waals surface area contributed by atoms with Gasteiger partial charge in [-0.1, -0.05) is 18.2 Å². The minimum absolute atomic E-state index is 0.0297. The third-order valence-corrected chi connectivity index (χ3v) is 3.26. The molecular weight excluding hydrogens is 256 g/mol. The van der Waals surface area contributed by atoms with Crippen molar-refractivity contribution in [1.82, 2.24) is 0 Å². The molecule has 0 spiro atoms. The van der Waals surface area contributed by atoms with Crippen LogP contribution in [0.2, 0.25) is 0 Å². The molecule has 106 valence electrons. The molecule has 1 aliphatic rings. The van der Waals surface area contributed by atoms with Crippen molar-refractivity contribution in [3.8, 4) is 0 Å². The summed E-state index contributed by atoms with van der Waals surface area (Å²) >= 11 is 0. The van der Waals surface area contributed by atoms with E-state index >= 15 is 0 Å². The van der Waals surface area contributed by atoms with Gasteiger partial charge in [0.2, 0.25) is 0 Å². The third kappa shape index (κ3) is 3.45. The summed E-state index contributed by atoms with van der Waals surface area (Å²) in [5, 5.41) is 8.12.